The van der Waals surface area contributed by atoms with Crippen molar-refractivity contribution in [1.29, 1.82) is 0 Å². The maximum atomic E-state index is 5.45. The Bertz CT molecular complexity index is 363. The summed E-state index contributed by atoms with van der Waals surface area (Å²) >= 11 is 2.12. The highest BCUT2D eigenvalue weighted by atomic mass is 32.2. The Morgan fingerprint density at radius 1 is 1.44 bits per heavy atom. The summed E-state index contributed by atoms with van der Waals surface area (Å²) in [5, 5.41) is 4.41. The molecular weight excluding hydrogens is 242 g/mol. The van der Waals surface area contributed by atoms with Gasteiger partial charge in [0.25, 0.3) is 0 Å². The molecule has 2 rings (SSSR count). The van der Waals surface area contributed by atoms with Crippen LogP contribution in [0.25, 0.3) is 0 Å². The largest absolute Gasteiger partial charge is 0.496 e. The van der Waals surface area contributed by atoms with Gasteiger partial charge in [0.2, 0.25) is 0 Å². The third-order valence-corrected chi connectivity index (χ3v) is 5.03. The summed E-state index contributed by atoms with van der Waals surface area (Å²) in [6, 6.07) is 8.94. The normalized spacial score (nSPS) is 20.9. The Kier molecular flexibility index (Phi) is 5.39. The molecule has 0 aliphatic carbocycles. The van der Waals surface area contributed by atoms with Gasteiger partial charge >= 0.3 is 0 Å². The summed E-state index contributed by atoms with van der Waals surface area (Å²) in [4.78, 5) is 0. The van der Waals surface area contributed by atoms with E-state index in [4.69, 9.17) is 4.74 Å². The zero-order valence-electron chi connectivity index (χ0n) is 11.3. The molecule has 1 heterocycles. The fourth-order valence-electron chi connectivity index (χ4n) is 2.63. The predicted octanol–water partition coefficient (Wildman–Crippen LogP) is 3.11. The summed E-state index contributed by atoms with van der Waals surface area (Å²) in [6.07, 6.45) is 3.77. The molecule has 0 spiro atoms. The van der Waals surface area contributed by atoms with Crippen LogP contribution in [0.1, 0.15) is 25.3 Å². The first-order chi connectivity index (χ1) is 8.85. The van der Waals surface area contributed by atoms with Crippen molar-refractivity contribution in [3.8, 4) is 5.75 Å². The van der Waals surface area contributed by atoms with Crippen molar-refractivity contribution >= 4 is 11.8 Å². The second-order valence-corrected chi connectivity index (χ2v) is 6.08. The van der Waals surface area contributed by atoms with Crippen molar-refractivity contribution in [2.45, 2.75) is 37.5 Å². The van der Waals surface area contributed by atoms with Gasteiger partial charge < -0.3 is 10.1 Å². The van der Waals surface area contributed by atoms with E-state index < -0.39 is 0 Å². The summed E-state index contributed by atoms with van der Waals surface area (Å²) in [6.45, 7) is 3.23. The van der Waals surface area contributed by atoms with E-state index >= 15 is 0 Å². The van der Waals surface area contributed by atoms with Gasteiger partial charge in [-0.1, -0.05) is 25.1 Å². The zero-order chi connectivity index (χ0) is 12.8. The molecule has 0 aromatic heterocycles. The Balaban J connectivity index is 2.07. The van der Waals surface area contributed by atoms with Crippen LogP contribution in [0.3, 0.4) is 0 Å². The van der Waals surface area contributed by atoms with Crippen LogP contribution in [0.2, 0.25) is 0 Å². The van der Waals surface area contributed by atoms with E-state index in [9.17, 15) is 0 Å². The molecule has 0 radical (unpaired) electrons. The van der Waals surface area contributed by atoms with Crippen molar-refractivity contribution in [3.63, 3.8) is 0 Å². The number of thioether (sulfide) groups is 1. The molecule has 1 aromatic carbocycles. The van der Waals surface area contributed by atoms with E-state index in [0.717, 1.165) is 24.0 Å². The van der Waals surface area contributed by atoms with Crippen LogP contribution in [0.15, 0.2) is 24.3 Å². The summed E-state index contributed by atoms with van der Waals surface area (Å²) in [5.41, 5.74) is 1.32. The summed E-state index contributed by atoms with van der Waals surface area (Å²) < 4.78 is 5.45. The second kappa shape index (κ2) is 7.05. The van der Waals surface area contributed by atoms with Gasteiger partial charge in [-0.25, -0.2) is 0 Å². The van der Waals surface area contributed by atoms with E-state index in [1.807, 2.05) is 6.07 Å². The first-order valence-electron chi connectivity index (χ1n) is 6.82. The van der Waals surface area contributed by atoms with Crippen molar-refractivity contribution in [2.24, 2.45) is 0 Å². The monoisotopic (exact) mass is 265 g/mol. The van der Waals surface area contributed by atoms with Gasteiger partial charge in [-0.15, -0.1) is 0 Å². The van der Waals surface area contributed by atoms with Crippen LogP contribution in [-0.2, 0) is 6.42 Å². The van der Waals surface area contributed by atoms with E-state index in [-0.39, 0.29) is 0 Å². The summed E-state index contributed by atoms with van der Waals surface area (Å²) in [5.74, 6) is 2.33. The lowest BCUT2D eigenvalue weighted by atomic mass is 10.00. The number of rotatable bonds is 6. The first-order valence-corrected chi connectivity index (χ1v) is 7.87. The molecule has 1 N–H and O–H groups in total. The maximum Gasteiger partial charge on any atom is 0.122 e. The molecular formula is C15H23NOS. The molecule has 2 unspecified atom stereocenters. The van der Waals surface area contributed by atoms with Gasteiger partial charge in [0.1, 0.15) is 5.75 Å². The average molecular weight is 265 g/mol. The van der Waals surface area contributed by atoms with Gasteiger partial charge in [-0.05, 0) is 43.2 Å². The zero-order valence-corrected chi connectivity index (χ0v) is 12.1. The molecule has 1 aromatic rings. The van der Waals surface area contributed by atoms with Crippen molar-refractivity contribution in [1.82, 2.24) is 5.32 Å². The van der Waals surface area contributed by atoms with Gasteiger partial charge in [-0.3, -0.25) is 0 Å². The molecule has 1 aliphatic heterocycles. The summed E-state index contributed by atoms with van der Waals surface area (Å²) in [7, 11) is 1.76. The standard InChI is InChI=1S/C15H23NOS/c1-3-16-13(15-9-6-10-18-15)11-12-7-4-5-8-14(12)17-2/h4-5,7-8,13,15-16H,3,6,9-11H2,1-2H3. The molecule has 18 heavy (non-hydrogen) atoms. The van der Waals surface area contributed by atoms with Crippen LogP contribution < -0.4 is 10.1 Å². The molecule has 100 valence electrons. The minimum atomic E-state index is 0.568. The molecule has 1 aliphatic rings. The number of ether oxygens (including phenoxy) is 1. The molecule has 2 nitrogen and oxygen atoms in total. The minimum Gasteiger partial charge on any atom is -0.496 e. The highest BCUT2D eigenvalue weighted by molar-refractivity contribution is 8.00. The molecule has 0 amide bonds. The third-order valence-electron chi connectivity index (χ3n) is 3.51. The molecule has 0 bridgehead atoms. The lowest BCUT2D eigenvalue weighted by Gasteiger charge is -2.24. The highest BCUT2D eigenvalue weighted by Gasteiger charge is 2.25. The van der Waals surface area contributed by atoms with Crippen molar-refractivity contribution < 1.29 is 4.74 Å². The van der Waals surface area contributed by atoms with Crippen LogP contribution in [0, 0.1) is 0 Å². The highest BCUT2D eigenvalue weighted by Crippen LogP contribution is 2.31. The first kappa shape index (κ1) is 13.8. The van der Waals surface area contributed by atoms with E-state index in [2.05, 4.69) is 42.2 Å². The molecule has 1 saturated heterocycles. The number of para-hydroxylation sites is 1. The van der Waals surface area contributed by atoms with E-state index in [0.29, 0.717) is 6.04 Å². The van der Waals surface area contributed by atoms with Crippen molar-refractivity contribution in [3.05, 3.63) is 29.8 Å². The number of likely N-dealkylation sites (N-methyl/N-ethyl adjacent to an activating group) is 1. The molecule has 1 fully saturated rings. The minimum absolute atomic E-state index is 0.568. The lowest BCUT2D eigenvalue weighted by Crippen LogP contribution is -2.39. The number of hydrogen-bond donors (Lipinski definition) is 1. The van der Waals surface area contributed by atoms with Gasteiger partial charge in [0.05, 0.1) is 7.11 Å². The van der Waals surface area contributed by atoms with Gasteiger partial charge in [0, 0.05) is 11.3 Å². The molecule has 2 atom stereocenters. The molecule has 0 saturated carbocycles. The predicted molar refractivity (Wildman–Crippen MR) is 79.6 cm³/mol. The Labute approximate surface area is 114 Å². The van der Waals surface area contributed by atoms with Gasteiger partial charge in [-0.2, -0.15) is 11.8 Å². The fraction of sp³-hybridized carbons (Fsp3) is 0.600. The van der Waals surface area contributed by atoms with E-state index in [1.165, 1.54) is 24.2 Å². The second-order valence-electron chi connectivity index (χ2n) is 4.73. The van der Waals surface area contributed by atoms with Crippen molar-refractivity contribution in [2.75, 3.05) is 19.4 Å². The average Bonchev–Trinajstić information content (AvgIpc) is 2.92. The number of methoxy groups -OCH3 is 1. The third kappa shape index (κ3) is 3.42. The van der Waals surface area contributed by atoms with Crippen LogP contribution >= 0.6 is 11.8 Å². The van der Waals surface area contributed by atoms with E-state index in [1.54, 1.807) is 7.11 Å². The Hall–Kier alpha value is -0.670. The lowest BCUT2D eigenvalue weighted by molar-refractivity contribution is 0.403. The van der Waals surface area contributed by atoms with Crippen LogP contribution in [0.4, 0.5) is 0 Å². The topological polar surface area (TPSA) is 21.3 Å². The Morgan fingerprint density at radius 2 is 2.28 bits per heavy atom. The molecule has 3 heteroatoms. The number of nitrogens with one attached hydrogen (secondary N) is 1. The Morgan fingerprint density at radius 3 is 2.94 bits per heavy atom. The van der Waals surface area contributed by atoms with Crippen LogP contribution in [0.5, 0.6) is 5.75 Å². The number of benzene rings is 1. The van der Waals surface area contributed by atoms with Gasteiger partial charge in [0.15, 0.2) is 0 Å². The smallest absolute Gasteiger partial charge is 0.122 e. The quantitative estimate of drug-likeness (QED) is 0.854. The number of hydrogen-bond acceptors (Lipinski definition) is 3. The SMILES string of the molecule is CCNC(Cc1ccccc1OC)C1CCCS1. The fourth-order valence-corrected chi connectivity index (χ4v) is 4.02. The maximum absolute atomic E-state index is 5.45. The van der Waals surface area contributed by atoms with Crippen LogP contribution in [-0.4, -0.2) is 30.7 Å².